The van der Waals surface area contributed by atoms with Crippen LogP contribution in [0.15, 0.2) is 0 Å². The van der Waals surface area contributed by atoms with Crippen molar-refractivity contribution in [3.63, 3.8) is 0 Å². The van der Waals surface area contributed by atoms with Crippen LogP contribution in [0.3, 0.4) is 0 Å². The van der Waals surface area contributed by atoms with Gasteiger partial charge < -0.3 is 12.3 Å². The maximum absolute atomic E-state index is 4.81. The van der Waals surface area contributed by atoms with E-state index in [1.165, 1.54) is 0 Å². The Labute approximate surface area is 47.5 Å². The molecule has 0 radical (unpaired) electrons. The van der Waals surface area contributed by atoms with E-state index < -0.39 is 0 Å². The van der Waals surface area contributed by atoms with Gasteiger partial charge in [-0.3, -0.25) is 0 Å². The van der Waals surface area contributed by atoms with E-state index in [4.69, 9.17) is 19.1 Å². The second-order valence-electron chi connectivity index (χ2n) is 0.0452. The predicted molar refractivity (Wildman–Crippen MR) is 23.7 cm³/mol. The van der Waals surface area contributed by atoms with Gasteiger partial charge >= 0.3 is 35.0 Å². The van der Waals surface area contributed by atoms with Crippen molar-refractivity contribution in [1.29, 1.82) is 0 Å². The van der Waals surface area contributed by atoms with E-state index in [-0.39, 0.29) is 28.2 Å². The Kier molecular flexibility index (Phi) is 62.8. The van der Waals surface area contributed by atoms with Crippen molar-refractivity contribution in [1.82, 2.24) is 12.3 Å². The Hall–Kier alpha value is 1.16. The van der Waals surface area contributed by atoms with E-state index >= 15 is 0 Å². The van der Waals surface area contributed by atoms with Crippen LogP contribution in [0.4, 0.5) is 0 Å². The molecule has 5 heteroatoms. The molecule has 5 heavy (non-hydrogen) atoms. The van der Waals surface area contributed by atoms with Gasteiger partial charge in [0.25, 0.3) is 0 Å². The summed E-state index contributed by atoms with van der Waals surface area (Å²) in [7, 11) is 9.63. The second-order valence-corrected chi connectivity index (χ2v) is 2.41. The van der Waals surface area contributed by atoms with Crippen LogP contribution in [0.1, 0.15) is 0 Å². The molecular weight excluding hydrogens is 205 g/mol. The van der Waals surface area contributed by atoms with Gasteiger partial charge in [0, 0.05) is 0 Å². The van der Waals surface area contributed by atoms with Gasteiger partial charge in [0.05, 0.1) is 0 Å². The zero-order valence-corrected chi connectivity index (χ0v) is 6.14. The summed E-state index contributed by atoms with van der Waals surface area (Å²) >= 11 is -0.106. The molecule has 0 aliphatic rings. The summed E-state index contributed by atoms with van der Waals surface area (Å²) in [5, 5.41) is 0. The fraction of sp³-hybridized carbons (Fsp3) is 0. The van der Waals surface area contributed by atoms with Gasteiger partial charge in [-0.1, -0.05) is 0 Å². The van der Waals surface area contributed by atoms with Crippen LogP contribution in [0, 0.1) is 0 Å². The van der Waals surface area contributed by atoms with Crippen LogP contribution in [0.5, 0.6) is 0 Å². The minimum atomic E-state index is -0.106. The normalized spacial score (nSPS) is 4.40. The van der Waals surface area contributed by atoms with E-state index in [2.05, 4.69) is 0 Å². The molecule has 0 saturated heterocycles. The smallest absolute Gasteiger partial charge is 0.369 e. The topological polar surface area (TPSA) is 73.0 Å². The molecule has 2 nitrogen and oxygen atoms in total. The third-order valence-electron chi connectivity index (χ3n) is 0. The minimum absolute atomic E-state index is 0. The standard InChI is InChI=1S/2ClH.2H3N.Pd/h2*1H;2*1H3;/q;;;;+2. The van der Waals surface area contributed by atoms with Crippen LogP contribution in [0.25, 0.3) is 0 Å². The number of rotatable bonds is 0. The largest absolute Gasteiger partial charge is 0.369 e. The Bertz CT molecular complexity index is 7.61. The van der Waals surface area contributed by atoms with Gasteiger partial charge in [0.1, 0.15) is 0 Å². The third-order valence-corrected chi connectivity index (χ3v) is 0. The summed E-state index contributed by atoms with van der Waals surface area (Å²) in [6.07, 6.45) is 0. The van der Waals surface area contributed by atoms with Crippen molar-refractivity contribution in [3.8, 4) is 0 Å². The molecule has 0 atom stereocenters. The predicted octanol–water partition coefficient (Wildman–Crippen LogP) is 2.13. The van der Waals surface area contributed by atoms with E-state index in [1.807, 2.05) is 0 Å². The average molecular weight is 213 g/mol. The number of quaternary nitrogens is 2. The molecule has 0 heterocycles. The van der Waals surface area contributed by atoms with E-state index in [0.717, 1.165) is 0 Å². The summed E-state index contributed by atoms with van der Waals surface area (Å²) in [6.45, 7) is 0. The van der Waals surface area contributed by atoms with Crippen LogP contribution in [0.2, 0.25) is 0 Å². The first-order valence-corrected chi connectivity index (χ1v) is 4.24. The zero-order valence-electron chi connectivity index (χ0n) is 3.07. The third kappa shape index (κ3) is 38.2. The molecule has 0 unspecified atom stereocenters. The number of hydrogen-bond acceptors (Lipinski definition) is 0. The monoisotopic (exact) mass is 212 g/mol. The van der Waals surface area contributed by atoms with Crippen LogP contribution < -0.4 is 12.3 Å². The zero-order chi connectivity index (χ0) is 2.71. The Morgan fingerprint density at radius 1 is 1.00 bits per heavy atom. The average Bonchev–Trinajstić information content (AvgIpc) is 0.918. The van der Waals surface area contributed by atoms with E-state index in [9.17, 15) is 0 Å². The molecule has 0 rings (SSSR count). The van der Waals surface area contributed by atoms with Crippen molar-refractivity contribution >= 4 is 19.1 Å². The van der Waals surface area contributed by atoms with Crippen molar-refractivity contribution in [3.05, 3.63) is 0 Å². The summed E-state index contributed by atoms with van der Waals surface area (Å²) < 4.78 is 0. The molecule has 0 spiro atoms. The summed E-state index contributed by atoms with van der Waals surface area (Å²) in [5.74, 6) is 0. The molecule has 0 aromatic heterocycles. The van der Waals surface area contributed by atoms with Gasteiger partial charge in [-0.15, -0.1) is 0 Å². The van der Waals surface area contributed by atoms with Crippen molar-refractivity contribution in [2.75, 3.05) is 0 Å². The van der Waals surface area contributed by atoms with Crippen molar-refractivity contribution < 1.29 is 15.9 Å². The van der Waals surface area contributed by atoms with Crippen LogP contribution >= 0.6 is 19.1 Å². The first-order valence-electron chi connectivity index (χ1n) is 0.239. The fourth-order valence-corrected chi connectivity index (χ4v) is 0. The van der Waals surface area contributed by atoms with Crippen LogP contribution in [-0.4, -0.2) is 0 Å². The van der Waals surface area contributed by atoms with Gasteiger partial charge in [0.2, 0.25) is 0 Å². The molecule has 0 saturated carbocycles. The number of hydrogen-bond donors (Lipinski definition) is 2. The number of halogens is 2. The van der Waals surface area contributed by atoms with Crippen molar-refractivity contribution in [2.45, 2.75) is 0 Å². The molecule has 0 aliphatic heterocycles. The molecule has 0 aromatic rings. The SMILES string of the molecule is [Cl][Pd][Cl].[NH4+].[NH4+]. The van der Waals surface area contributed by atoms with Crippen LogP contribution in [-0.2, 0) is 15.9 Å². The fourth-order valence-electron chi connectivity index (χ4n) is 0. The van der Waals surface area contributed by atoms with Gasteiger partial charge in [-0.25, -0.2) is 0 Å². The molecule has 0 bridgehead atoms. The molecule has 40 valence electrons. The molecule has 0 aliphatic carbocycles. The van der Waals surface area contributed by atoms with E-state index in [0.29, 0.717) is 0 Å². The molecular formula is H8Cl2N2Pd+2. The summed E-state index contributed by atoms with van der Waals surface area (Å²) in [5.41, 5.74) is 0. The van der Waals surface area contributed by atoms with Gasteiger partial charge in [-0.2, -0.15) is 0 Å². The second kappa shape index (κ2) is 19.1. The molecule has 8 N–H and O–H groups in total. The summed E-state index contributed by atoms with van der Waals surface area (Å²) in [6, 6.07) is 0. The first-order chi connectivity index (χ1) is 1.41. The van der Waals surface area contributed by atoms with Gasteiger partial charge in [-0.05, 0) is 0 Å². The first kappa shape index (κ1) is 16.4. The molecule has 0 amide bonds. The Morgan fingerprint density at radius 2 is 1.00 bits per heavy atom. The maximum atomic E-state index is 4.81. The van der Waals surface area contributed by atoms with E-state index in [1.54, 1.807) is 0 Å². The minimum Gasteiger partial charge on any atom is -0.369 e. The quantitative estimate of drug-likeness (QED) is 0.579. The Morgan fingerprint density at radius 3 is 1.00 bits per heavy atom. The summed E-state index contributed by atoms with van der Waals surface area (Å²) in [4.78, 5) is 0. The maximum Gasteiger partial charge on any atom is -0.369 e. The Balaban J connectivity index is -0.0000000200. The van der Waals surface area contributed by atoms with Crippen molar-refractivity contribution in [2.24, 2.45) is 0 Å². The molecule has 0 aromatic carbocycles. The molecule has 0 fully saturated rings. The van der Waals surface area contributed by atoms with Gasteiger partial charge in [0.15, 0.2) is 0 Å².